The molecule has 0 spiro atoms. The van der Waals surface area contributed by atoms with E-state index in [-0.39, 0.29) is 23.9 Å². The average molecular weight is 388 g/mol. The number of carbonyl (C=O) groups is 1. The lowest BCUT2D eigenvalue weighted by Gasteiger charge is -2.31. The predicted octanol–water partition coefficient (Wildman–Crippen LogP) is 1.85. The van der Waals surface area contributed by atoms with Crippen molar-refractivity contribution < 1.29 is 4.79 Å². The quantitative estimate of drug-likeness (QED) is 0.535. The van der Waals surface area contributed by atoms with Gasteiger partial charge >= 0.3 is 0 Å². The van der Waals surface area contributed by atoms with E-state index in [1.807, 2.05) is 39.8 Å². The van der Waals surface area contributed by atoms with Crippen molar-refractivity contribution in [2.75, 3.05) is 13.1 Å². The van der Waals surface area contributed by atoms with Crippen molar-refractivity contribution in [1.29, 1.82) is 0 Å². The Balaban J connectivity index is 1.28. The van der Waals surface area contributed by atoms with Gasteiger partial charge in [0.15, 0.2) is 5.65 Å². The van der Waals surface area contributed by atoms with Crippen LogP contribution in [0.5, 0.6) is 0 Å². The van der Waals surface area contributed by atoms with E-state index in [1.165, 1.54) is 10.9 Å². The summed E-state index contributed by atoms with van der Waals surface area (Å²) < 4.78 is 3.41. The number of aromatic nitrogens is 5. The molecule has 1 aromatic carbocycles. The lowest BCUT2D eigenvalue weighted by Crippen LogP contribution is -2.41. The van der Waals surface area contributed by atoms with Gasteiger partial charge in [-0.2, -0.15) is 0 Å². The van der Waals surface area contributed by atoms with Crippen molar-refractivity contribution >= 4 is 22.5 Å². The number of nitrogens with zero attached hydrogens (tertiary/aromatic N) is 6. The molecular weight excluding hydrogens is 368 g/mol. The van der Waals surface area contributed by atoms with E-state index in [4.69, 9.17) is 0 Å². The second-order valence-corrected chi connectivity index (χ2v) is 7.34. The maximum absolute atomic E-state index is 12.8. The molecular formula is C21H20N6O2. The summed E-state index contributed by atoms with van der Waals surface area (Å²) >= 11 is 0. The SMILES string of the molecule is O=C(Cn1cnc2ccccc2c1=O)N1CCC(c2nnc3ccccn23)CC1. The largest absolute Gasteiger partial charge is 0.341 e. The molecule has 29 heavy (non-hydrogen) atoms. The van der Waals surface area contributed by atoms with E-state index in [9.17, 15) is 9.59 Å². The summed E-state index contributed by atoms with van der Waals surface area (Å²) in [6.07, 6.45) is 5.08. The van der Waals surface area contributed by atoms with Crippen LogP contribution in [0.2, 0.25) is 0 Å². The highest BCUT2D eigenvalue weighted by atomic mass is 16.2. The van der Waals surface area contributed by atoms with Gasteiger partial charge in [0.1, 0.15) is 12.4 Å². The normalized spacial score (nSPS) is 15.2. The molecule has 0 bridgehead atoms. The summed E-state index contributed by atoms with van der Waals surface area (Å²) in [7, 11) is 0. The highest BCUT2D eigenvalue weighted by Gasteiger charge is 2.27. The molecule has 3 aromatic heterocycles. The topological polar surface area (TPSA) is 85.4 Å². The summed E-state index contributed by atoms with van der Waals surface area (Å²) in [4.78, 5) is 31.5. The fourth-order valence-corrected chi connectivity index (χ4v) is 3.99. The van der Waals surface area contributed by atoms with Crippen molar-refractivity contribution in [3.63, 3.8) is 0 Å². The van der Waals surface area contributed by atoms with E-state index in [0.717, 1.165) is 24.3 Å². The van der Waals surface area contributed by atoms with Crippen LogP contribution in [0.15, 0.2) is 59.8 Å². The summed E-state index contributed by atoms with van der Waals surface area (Å²) in [5.74, 6) is 1.15. The van der Waals surface area contributed by atoms with E-state index < -0.39 is 0 Å². The van der Waals surface area contributed by atoms with Crippen molar-refractivity contribution in [3.05, 3.63) is 71.2 Å². The minimum atomic E-state index is -0.186. The van der Waals surface area contributed by atoms with Crippen molar-refractivity contribution in [2.24, 2.45) is 0 Å². The summed E-state index contributed by atoms with van der Waals surface area (Å²) in [5, 5.41) is 9.11. The van der Waals surface area contributed by atoms with Gasteiger partial charge in [0, 0.05) is 25.2 Å². The highest BCUT2D eigenvalue weighted by molar-refractivity contribution is 5.79. The Hall–Kier alpha value is -3.55. The number of benzene rings is 1. The zero-order valence-electron chi connectivity index (χ0n) is 15.8. The number of carbonyl (C=O) groups excluding carboxylic acids is 1. The van der Waals surface area contributed by atoms with E-state index in [0.29, 0.717) is 24.0 Å². The number of hydrogen-bond acceptors (Lipinski definition) is 5. The summed E-state index contributed by atoms with van der Waals surface area (Å²) in [5.41, 5.74) is 1.29. The summed E-state index contributed by atoms with van der Waals surface area (Å²) in [6.45, 7) is 1.29. The van der Waals surface area contributed by atoms with Gasteiger partial charge in [0.2, 0.25) is 5.91 Å². The minimum Gasteiger partial charge on any atom is -0.341 e. The Labute approximate surface area is 166 Å². The van der Waals surface area contributed by atoms with Gasteiger partial charge in [-0.15, -0.1) is 10.2 Å². The molecule has 1 amide bonds. The Bertz CT molecular complexity index is 1250. The van der Waals surface area contributed by atoms with Gasteiger partial charge in [0.05, 0.1) is 17.2 Å². The van der Waals surface area contributed by atoms with Crippen LogP contribution >= 0.6 is 0 Å². The first-order valence-corrected chi connectivity index (χ1v) is 9.72. The zero-order valence-corrected chi connectivity index (χ0v) is 15.8. The van der Waals surface area contributed by atoms with Gasteiger partial charge in [-0.3, -0.25) is 18.6 Å². The number of piperidine rings is 1. The van der Waals surface area contributed by atoms with Gasteiger partial charge in [-0.25, -0.2) is 4.98 Å². The first-order valence-electron chi connectivity index (χ1n) is 9.72. The van der Waals surface area contributed by atoms with E-state index in [2.05, 4.69) is 15.2 Å². The van der Waals surface area contributed by atoms with E-state index >= 15 is 0 Å². The molecule has 1 fully saturated rings. The molecule has 4 aromatic rings. The lowest BCUT2D eigenvalue weighted by atomic mass is 9.96. The number of pyridine rings is 1. The van der Waals surface area contributed by atoms with Crippen LogP contribution in [-0.2, 0) is 11.3 Å². The Morgan fingerprint density at radius 3 is 2.69 bits per heavy atom. The molecule has 0 N–H and O–H groups in total. The first kappa shape index (κ1) is 17.5. The van der Waals surface area contributed by atoms with Crippen LogP contribution in [-0.4, -0.2) is 48.0 Å². The highest BCUT2D eigenvalue weighted by Crippen LogP contribution is 2.27. The molecule has 0 atom stereocenters. The number of hydrogen-bond donors (Lipinski definition) is 0. The third-order valence-corrected chi connectivity index (χ3v) is 5.59. The number of likely N-dealkylation sites (tertiary alicyclic amines) is 1. The van der Waals surface area contributed by atoms with Crippen LogP contribution in [0.3, 0.4) is 0 Å². The fourth-order valence-electron chi connectivity index (χ4n) is 3.99. The third-order valence-electron chi connectivity index (χ3n) is 5.59. The number of fused-ring (bicyclic) bond motifs is 2. The molecule has 8 nitrogen and oxygen atoms in total. The number of rotatable bonds is 3. The Kier molecular flexibility index (Phi) is 4.31. The molecule has 0 unspecified atom stereocenters. The molecule has 4 heterocycles. The molecule has 0 aliphatic carbocycles. The monoisotopic (exact) mass is 388 g/mol. The molecule has 0 saturated carbocycles. The van der Waals surface area contributed by atoms with Crippen molar-refractivity contribution in [1.82, 2.24) is 29.0 Å². The second kappa shape index (κ2) is 7.12. The standard InChI is InChI=1S/C21H20N6O2/c28-19(13-26-14-22-17-6-2-1-5-16(17)21(26)29)25-11-8-15(9-12-25)20-24-23-18-7-3-4-10-27(18)20/h1-7,10,14-15H,8-9,11-13H2. The van der Waals surface area contributed by atoms with Gasteiger partial charge in [0.25, 0.3) is 5.56 Å². The average Bonchev–Trinajstić information content (AvgIpc) is 3.20. The lowest BCUT2D eigenvalue weighted by molar-refractivity contribution is -0.133. The van der Waals surface area contributed by atoms with E-state index in [1.54, 1.807) is 18.2 Å². The van der Waals surface area contributed by atoms with Crippen LogP contribution in [0.1, 0.15) is 24.6 Å². The van der Waals surface area contributed by atoms with Crippen LogP contribution in [0.25, 0.3) is 16.6 Å². The third kappa shape index (κ3) is 3.16. The molecule has 1 aliphatic heterocycles. The summed E-state index contributed by atoms with van der Waals surface area (Å²) in [6, 6.07) is 13.0. The van der Waals surface area contributed by atoms with Crippen molar-refractivity contribution in [2.45, 2.75) is 25.3 Å². The molecule has 1 aliphatic rings. The zero-order chi connectivity index (χ0) is 19.8. The molecule has 5 rings (SSSR count). The molecule has 0 radical (unpaired) electrons. The molecule has 8 heteroatoms. The maximum atomic E-state index is 12.8. The maximum Gasteiger partial charge on any atom is 0.261 e. The van der Waals surface area contributed by atoms with Crippen LogP contribution in [0, 0.1) is 0 Å². The number of amides is 1. The van der Waals surface area contributed by atoms with Gasteiger partial charge in [-0.05, 0) is 37.1 Å². The predicted molar refractivity (Wildman–Crippen MR) is 108 cm³/mol. The minimum absolute atomic E-state index is 0.00912. The smallest absolute Gasteiger partial charge is 0.261 e. The van der Waals surface area contributed by atoms with Crippen molar-refractivity contribution in [3.8, 4) is 0 Å². The van der Waals surface area contributed by atoms with Crippen LogP contribution in [0.4, 0.5) is 0 Å². The fraction of sp³-hybridized carbons (Fsp3) is 0.286. The van der Waals surface area contributed by atoms with Gasteiger partial charge in [-0.1, -0.05) is 18.2 Å². The second-order valence-electron chi connectivity index (χ2n) is 7.34. The number of para-hydroxylation sites is 1. The van der Waals surface area contributed by atoms with Crippen LogP contribution < -0.4 is 5.56 Å². The molecule has 1 saturated heterocycles. The first-order chi connectivity index (χ1) is 14.2. The molecule has 146 valence electrons. The Morgan fingerprint density at radius 1 is 1.03 bits per heavy atom. The van der Waals surface area contributed by atoms with Gasteiger partial charge < -0.3 is 4.90 Å². The Morgan fingerprint density at radius 2 is 1.83 bits per heavy atom.